The van der Waals surface area contributed by atoms with Crippen molar-refractivity contribution in [3.63, 3.8) is 0 Å². The average molecular weight is 490 g/mol. The van der Waals surface area contributed by atoms with Crippen molar-refractivity contribution in [3.05, 3.63) is 83.2 Å². The number of hydrogen-bond donors (Lipinski definition) is 1. The first-order valence-electron chi connectivity index (χ1n) is 10.9. The molecule has 8 nitrogen and oxygen atoms in total. The Hall–Kier alpha value is -4.06. The molecule has 0 atom stereocenters. The summed E-state index contributed by atoms with van der Waals surface area (Å²) in [5.74, 6) is 0.0932. The molecule has 0 spiro atoms. The average Bonchev–Trinajstić information content (AvgIpc) is 3.39. The van der Waals surface area contributed by atoms with Gasteiger partial charge < -0.3 is 24.6 Å². The van der Waals surface area contributed by atoms with E-state index < -0.39 is 0 Å². The highest BCUT2D eigenvalue weighted by molar-refractivity contribution is 6.33. The third-order valence-corrected chi connectivity index (χ3v) is 5.60. The Morgan fingerprint density at radius 2 is 2.03 bits per heavy atom. The van der Waals surface area contributed by atoms with E-state index in [4.69, 9.17) is 21.1 Å². The first-order valence-corrected chi connectivity index (χ1v) is 11.3. The second-order valence-corrected chi connectivity index (χ2v) is 8.47. The third-order valence-electron chi connectivity index (χ3n) is 5.29. The maximum absolute atomic E-state index is 12.8. The number of nitrogens with zero attached hydrogens (tertiary/aromatic N) is 4. The molecule has 1 amide bonds. The number of nitrogens with one attached hydrogen (secondary N) is 1. The number of halogens is 1. The van der Waals surface area contributed by atoms with Crippen LogP contribution >= 0.6 is 11.6 Å². The lowest BCUT2D eigenvalue weighted by Gasteiger charge is -2.14. The summed E-state index contributed by atoms with van der Waals surface area (Å²) < 4.78 is 10.9. The Morgan fingerprint density at radius 3 is 2.69 bits per heavy atom. The molecule has 1 N–H and O–H groups in total. The van der Waals surface area contributed by atoms with Gasteiger partial charge in [-0.3, -0.25) is 4.79 Å². The van der Waals surface area contributed by atoms with Gasteiger partial charge in [0.25, 0.3) is 5.91 Å². The molecule has 0 fully saturated rings. The number of ether oxygens (including phenoxy) is 2. The van der Waals surface area contributed by atoms with Crippen molar-refractivity contribution in [2.75, 3.05) is 44.2 Å². The number of carbonyl (C=O) groups excluding carboxylic acids is 1. The summed E-state index contributed by atoms with van der Waals surface area (Å²) in [6.45, 7) is 1.52. The smallest absolute Gasteiger partial charge is 0.256 e. The van der Waals surface area contributed by atoms with Gasteiger partial charge in [-0.1, -0.05) is 29.8 Å². The summed E-state index contributed by atoms with van der Waals surface area (Å²) in [7, 11) is 3.84. The molecular weight excluding hydrogens is 466 g/mol. The van der Waals surface area contributed by atoms with E-state index in [1.54, 1.807) is 30.5 Å². The van der Waals surface area contributed by atoms with Crippen LogP contribution in [0.3, 0.4) is 0 Å². The molecule has 0 unspecified atom stereocenters. The molecule has 9 heteroatoms. The van der Waals surface area contributed by atoms with Gasteiger partial charge in [0.15, 0.2) is 6.73 Å². The highest BCUT2D eigenvalue weighted by Crippen LogP contribution is 2.31. The Bertz CT molecular complexity index is 1290. The zero-order chi connectivity index (χ0) is 24.8. The van der Waals surface area contributed by atoms with E-state index in [0.29, 0.717) is 36.0 Å². The van der Waals surface area contributed by atoms with E-state index in [1.807, 2.05) is 60.4 Å². The first-order chi connectivity index (χ1) is 16.9. The lowest BCUT2D eigenvalue weighted by Crippen LogP contribution is -2.20. The molecule has 2 aromatic carbocycles. The number of nitriles is 1. The van der Waals surface area contributed by atoms with Gasteiger partial charge in [0.2, 0.25) is 5.88 Å². The van der Waals surface area contributed by atoms with Crippen molar-refractivity contribution in [1.82, 2.24) is 9.88 Å². The molecule has 35 heavy (non-hydrogen) atoms. The van der Waals surface area contributed by atoms with Crippen LogP contribution in [0.4, 0.5) is 11.5 Å². The molecule has 0 aliphatic carbocycles. The number of hydrogen-bond acceptors (Lipinski definition) is 7. The van der Waals surface area contributed by atoms with Crippen LogP contribution in [0, 0.1) is 11.3 Å². The van der Waals surface area contributed by atoms with Crippen molar-refractivity contribution in [2.45, 2.75) is 0 Å². The number of aromatic nitrogens is 1. The van der Waals surface area contributed by atoms with Crippen LogP contribution in [-0.2, 0) is 4.74 Å². The third kappa shape index (κ3) is 5.90. The highest BCUT2D eigenvalue weighted by Gasteiger charge is 2.14. The molecule has 0 saturated heterocycles. The molecule has 0 radical (unpaired) electrons. The Morgan fingerprint density at radius 1 is 1.23 bits per heavy atom. The van der Waals surface area contributed by atoms with Crippen molar-refractivity contribution in [1.29, 1.82) is 5.26 Å². The monoisotopic (exact) mass is 489 g/mol. The molecule has 0 saturated carbocycles. The van der Waals surface area contributed by atoms with Crippen LogP contribution in [0.25, 0.3) is 11.1 Å². The molecule has 1 aromatic heterocycles. The molecule has 1 aliphatic heterocycles. The highest BCUT2D eigenvalue weighted by atomic mass is 35.5. The second-order valence-electron chi connectivity index (χ2n) is 8.06. The van der Waals surface area contributed by atoms with Gasteiger partial charge in [-0.25, -0.2) is 0 Å². The topological polar surface area (TPSA) is 90.7 Å². The van der Waals surface area contributed by atoms with Gasteiger partial charge in [-0.15, -0.1) is 0 Å². The quantitative estimate of drug-likeness (QED) is 0.489. The van der Waals surface area contributed by atoms with Crippen molar-refractivity contribution < 1.29 is 14.3 Å². The fraction of sp³-hybridized carbons (Fsp3) is 0.192. The number of likely N-dealkylation sites (N-methyl/N-ethyl adjacent to an activating group) is 1. The number of anilines is 2. The minimum atomic E-state index is -0.369. The van der Waals surface area contributed by atoms with Crippen LogP contribution in [0.15, 0.2) is 67.1 Å². The van der Waals surface area contributed by atoms with Gasteiger partial charge in [0, 0.05) is 34.6 Å². The maximum Gasteiger partial charge on any atom is 0.256 e. The van der Waals surface area contributed by atoms with Crippen molar-refractivity contribution in [3.8, 4) is 23.1 Å². The van der Waals surface area contributed by atoms with Crippen molar-refractivity contribution in [2.24, 2.45) is 0 Å². The summed E-state index contributed by atoms with van der Waals surface area (Å²) in [6.07, 6.45) is 3.53. The second kappa shape index (κ2) is 10.9. The van der Waals surface area contributed by atoms with E-state index in [9.17, 15) is 10.1 Å². The van der Waals surface area contributed by atoms with Gasteiger partial charge in [0.05, 0.1) is 0 Å². The lowest BCUT2D eigenvalue weighted by atomic mass is 10.0. The molecule has 2 heterocycles. The Kier molecular flexibility index (Phi) is 7.51. The Balaban J connectivity index is 1.46. The normalized spacial score (nSPS) is 12.4. The summed E-state index contributed by atoms with van der Waals surface area (Å²) in [6, 6.07) is 18.2. The van der Waals surface area contributed by atoms with Gasteiger partial charge in [-0.05, 0) is 56.1 Å². The fourth-order valence-corrected chi connectivity index (χ4v) is 3.67. The molecule has 3 aromatic rings. The van der Waals surface area contributed by atoms with E-state index in [-0.39, 0.29) is 17.6 Å². The number of pyridine rings is 1. The van der Waals surface area contributed by atoms with E-state index in [0.717, 1.165) is 16.8 Å². The van der Waals surface area contributed by atoms with Crippen molar-refractivity contribution >= 4 is 29.0 Å². The van der Waals surface area contributed by atoms with Gasteiger partial charge in [-0.2, -0.15) is 10.2 Å². The van der Waals surface area contributed by atoms with Crippen LogP contribution in [0.5, 0.6) is 5.88 Å². The van der Waals surface area contributed by atoms with Crippen LogP contribution in [0.1, 0.15) is 15.9 Å². The predicted molar refractivity (Wildman–Crippen MR) is 135 cm³/mol. The standard InChI is InChI=1S/C26H24ClN5O3/c1-31(2)11-14-35-26-20(16-28)6-10-24(30-26)29-25(33)19-5-9-22(23(27)15-19)18-3-7-21(8-4-18)32-12-13-34-17-32/h3-10,12-13,15H,11,14,17H2,1-2H3,(H,29,30,33). The summed E-state index contributed by atoms with van der Waals surface area (Å²) in [5.41, 5.74) is 3.44. The number of carbonyl (C=O) groups is 1. The number of rotatable bonds is 8. The largest absolute Gasteiger partial charge is 0.479 e. The number of amides is 1. The molecule has 1 aliphatic rings. The Labute approximate surface area is 209 Å². The fourth-order valence-electron chi connectivity index (χ4n) is 3.38. The predicted octanol–water partition coefficient (Wildman–Crippen LogP) is 4.73. The molecule has 0 bridgehead atoms. The minimum Gasteiger partial charge on any atom is -0.479 e. The molecule has 4 rings (SSSR count). The van der Waals surface area contributed by atoms with Crippen LogP contribution < -0.4 is 15.0 Å². The van der Waals surface area contributed by atoms with Gasteiger partial charge in [0.1, 0.15) is 30.3 Å². The minimum absolute atomic E-state index is 0.181. The molecule has 178 valence electrons. The van der Waals surface area contributed by atoms with Crippen LogP contribution in [0.2, 0.25) is 5.02 Å². The van der Waals surface area contributed by atoms with E-state index in [2.05, 4.69) is 16.4 Å². The summed E-state index contributed by atoms with van der Waals surface area (Å²) >= 11 is 6.53. The van der Waals surface area contributed by atoms with Crippen LogP contribution in [-0.4, -0.2) is 49.8 Å². The SMILES string of the molecule is CN(C)CCOc1nc(NC(=O)c2ccc(-c3ccc(N4C=COC4)cc3)c(Cl)c2)ccc1C#N. The zero-order valence-corrected chi connectivity index (χ0v) is 20.1. The zero-order valence-electron chi connectivity index (χ0n) is 19.4. The molecular formula is C26H24ClN5O3. The van der Waals surface area contributed by atoms with E-state index >= 15 is 0 Å². The first kappa shape index (κ1) is 24.1. The summed E-state index contributed by atoms with van der Waals surface area (Å²) in [4.78, 5) is 21.1. The maximum atomic E-state index is 12.8. The summed E-state index contributed by atoms with van der Waals surface area (Å²) in [5, 5.41) is 12.5. The van der Waals surface area contributed by atoms with E-state index in [1.165, 1.54) is 0 Å². The van der Waals surface area contributed by atoms with Gasteiger partial charge >= 0.3 is 0 Å². The lowest BCUT2D eigenvalue weighted by molar-refractivity contribution is 0.102. The number of benzene rings is 2.